The van der Waals surface area contributed by atoms with Gasteiger partial charge in [0, 0.05) is 24.1 Å². The number of carbonyl (C=O) groups is 2. The van der Waals surface area contributed by atoms with Crippen molar-refractivity contribution in [1.82, 2.24) is 4.90 Å². The Morgan fingerprint density at radius 3 is 2.19 bits per heavy atom. The first kappa shape index (κ1) is 22.8. The molecule has 6 rings (SSSR count). The van der Waals surface area contributed by atoms with Crippen LogP contribution in [-0.2, 0) is 4.79 Å². The molecule has 3 atom stereocenters. The minimum absolute atomic E-state index is 0.0452. The molecule has 0 unspecified atom stereocenters. The number of likely N-dealkylation sites (tertiary alicyclic amines) is 1. The monoisotopic (exact) mass is 479 g/mol. The lowest BCUT2D eigenvalue weighted by Gasteiger charge is -2.41. The van der Waals surface area contributed by atoms with Crippen LogP contribution in [0.5, 0.6) is 0 Å². The third-order valence-corrected chi connectivity index (χ3v) is 8.25. The Labute approximate surface area is 213 Å². The second-order valence-corrected chi connectivity index (χ2v) is 10.3. The van der Waals surface area contributed by atoms with Gasteiger partial charge in [-0.3, -0.25) is 4.79 Å². The zero-order valence-corrected chi connectivity index (χ0v) is 20.6. The standard InChI is InChI=1S/C31H33N3O2/c35-30(23-14-6-2-7-15-23)34(24-16-8-3-9-17-24)31(36)33-21-20-26-28(22-12-4-1-5-13-22)32-27-19-11-10-18-25(27)29(26)33/h1,3-5,8-13,16-19,23,26,28-29,32H,2,6-7,14-15,20-21H2/t26-,28+,29+/m1/s1. The van der Waals surface area contributed by atoms with Crippen molar-refractivity contribution in [2.75, 3.05) is 16.8 Å². The van der Waals surface area contributed by atoms with E-state index in [1.807, 2.05) is 53.4 Å². The highest BCUT2D eigenvalue weighted by Gasteiger charge is 2.48. The highest BCUT2D eigenvalue weighted by atomic mass is 16.2. The van der Waals surface area contributed by atoms with Crippen molar-refractivity contribution in [2.45, 2.75) is 50.6 Å². The van der Waals surface area contributed by atoms with Crippen LogP contribution in [0, 0.1) is 11.8 Å². The first-order valence-corrected chi connectivity index (χ1v) is 13.3. The predicted molar refractivity (Wildman–Crippen MR) is 143 cm³/mol. The summed E-state index contributed by atoms with van der Waals surface area (Å²) in [6, 6.07) is 28.2. The van der Waals surface area contributed by atoms with Gasteiger partial charge >= 0.3 is 6.03 Å². The number of anilines is 2. The summed E-state index contributed by atoms with van der Waals surface area (Å²) < 4.78 is 0. The van der Waals surface area contributed by atoms with Gasteiger partial charge in [0.2, 0.25) is 5.91 Å². The molecule has 36 heavy (non-hydrogen) atoms. The van der Waals surface area contributed by atoms with Gasteiger partial charge in [0.1, 0.15) is 0 Å². The Morgan fingerprint density at radius 2 is 1.44 bits per heavy atom. The molecule has 5 nitrogen and oxygen atoms in total. The second-order valence-electron chi connectivity index (χ2n) is 10.3. The molecule has 3 aromatic rings. The Kier molecular flexibility index (Phi) is 6.22. The van der Waals surface area contributed by atoms with Gasteiger partial charge < -0.3 is 10.2 Å². The zero-order chi connectivity index (χ0) is 24.5. The number of para-hydroxylation sites is 2. The zero-order valence-electron chi connectivity index (χ0n) is 20.6. The number of amides is 3. The lowest BCUT2D eigenvalue weighted by Crippen LogP contribution is -2.49. The molecule has 5 heteroatoms. The van der Waals surface area contributed by atoms with Crippen LogP contribution in [0.25, 0.3) is 0 Å². The normalized spacial score (nSPS) is 23.3. The molecule has 0 spiro atoms. The average molecular weight is 480 g/mol. The van der Waals surface area contributed by atoms with Crippen LogP contribution in [0.15, 0.2) is 84.9 Å². The van der Waals surface area contributed by atoms with E-state index in [4.69, 9.17) is 0 Å². The second kappa shape index (κ2) is 9.81. The number of nitrogens with one attached hydrogen (secondary N) is 1. The maximum atomic E-state index is 14.3. The highest BCUT2D eigenvalue weighted by molar-refractivity contribution is 6.15. The van der Waals surface area contributed by atoms with E-state index in [-0.39, 0.29) is 35.9 Å². The summed E-state index contributed by atoms with van der Waals surface area (Å²) in [5, 5.41) is 3.76. The molecule has 1 aliphatic carbocycles. The SMILES string of the molecule is O=C(C1CCCCC1)N(C(=O)N1CC[C@@H]2[C@H](c3ccccc3)Nc3ccccc3[C@@H]21)c1ccccc1. The molecule has 2 heterocycles. The van der Waals surface area contributed by atoms with Gasteiger partial charge in [-0.25, -0.2) is 9.69 Å². The van der Waals surface area contributed by atoms with E-state index < -0.39 is 0 Å². The molecule has 1 saturated carbocycles. The summed E-state index contributed by atoms with van der Waals surface area (Å²) in [5.74, 6) is 0.100. The van der Waals surface area contributed by atoms with Gasteiger partial charge in [-0.05, 0) is 48.6 Å². The van der Waals surface area contributed by atoms with Gasteiger partial charge in [-0.2, -0.15) is 0 Å². The number of hydrogen-bond acceptors (Lipinski definition) is 3. The lowest BCUT2D eigenvalue weighted by molar-refractivity contribution is -0.122. The highest BCUT2D eigenvalue weighted by Crippen LogP contribution is 2.51. The van der Waals surface area contributed by atoms with Crippen LogP contribution in [0.1, 0.15) is 61.7 Å². The minimum atomic E-state index is -0.187. The van der Waals surface area contributed by atoms with Crippen LogP contribution in [0.4, 0.5) is 16.2 Å². The first-order valence-electron chi connectivity index (χ1n) is 13.3. The van der Waals surface area contributed by atoms with E-state index in [1.165, 1.54) is 16.9 Å². The quantitative estimate of drug-likeness (QED) is 0.442. The number of imide groups is 1. The lowest BCUT2D eigenvalue weighted by atomic mass is 9.80. The maximum Gasteiger partial charge on any atom is 0.331 e. The third-order valence-electron chi connectivity index (χ3n) is 8.25. The van der Waals surface area contributed by atoms with Gasteiger partial charge in [0.25, 0.3) is 0 Å². The van der Waals surface area contributed by atoms with E-state index >= 15 is 0 Å². The molecular formula is C31H33N3O2. The number of rotatable bonds is 3. The molecular weight excluding hydrogens is 446 g/mol. The van der Waals surface area contributed by atoms with Crippen molar-refractivity contribution >= 4 is 23.3 Å². The number of carbonyl (C=O) groups excluding carboxylic acids is 2. The fraction of sp³-hybridized carbons (Fsp3) is 0.355. The van der Waals surface area contributed by atoms with Gasteiger partial charge in [-0.15, -0.1) is 0 Å². The number of benzene rings is 3. The van der Waals surface area contributed by atoms with E-state index in [0.717, 1.165) is 43.4 Å². The van der Waals surface area contributed by atoms with Gasteiger partial charge in [0.05, 0.1) is 17.8 Å². The van der Waals surface area contributed by atoms with Crippen molar-refractivity contribution in [3.63, 3.8) is 0 Å². The Morgan fingerprint density at radius 1 is 0.778 bits per heavy atom. The Bertz CT molecular complexity index is 1220. The smallest absolute Gasteiger partial charge is 0.331 e. The minimum Gasteiger partial charge on any atom is -0.378 e. The van der Waals surface area contributed by atoms with Crippen molar-refractivity contribution in [1.29, 1.82) is 0 Å². The fourth-order valence-electron chi connectivity index (χ4n) is 6.50. The van der Waals surface area contributed by atoms with Gasteiger partial charge in [-0.1, -0.05) is 86.0 Å². The molecule has 3 amide bonds. The topological polar surface area (TPSA) is 52.7 Å². The maximum absolute atomic E-state index is 14.3. The van der Waals surface area contributed by atoms with E-state index in [9.17, 15) is 9.59 Å². The van der Waals surface area contributed by atoms with Gasteiger partial charge in [0.15, 0.2) is 0 Å². The summed E-state index contributed by atoms with van der Waals surface area (Å²) >= 11 is 0. The van der Waals surface area contributed by atoms with Crippen LogP contribution in [-0.4, -0.2) is 23.4 Å². The molecule has 0 radical (unpaired) electrons. The number of fused-ring (bicyclic) bond motifs is 3. The Hall–Kier alpha value is -3.60. The number of nitrogens with zero attached hydrogens (tertiary/aromatic N) is 2. The molecule has 1 N–H and O–H groups in total. The van der Waals surface area contributed by atoms with E-state index in [2.05, 4.69) is 41.7 Å². The summed E-state index contributed by atoms with van der Waals surface area (Å²) in [5.41, 5.74) is 4.11. The fourth-order valence-corrected chi connectivity index (χ4v) is 6.50. The first-order chi connectivity index (χ1) is 17.7. The molecule has 0 bridgehead atoms. The average Bonchev–Trinajstić information content (AvgIpc) is 3.40. The van der Waals surface area contributed by atoms with Crippen molar-refractivity contribution in [3.05, 3.63) is 96.1 Å². The Balaban J connectivity index is 1.38. The molecule has 3 aliphatic rings. The third kappa shape index (κ3) is 4.06. The number of hydrogen-bond donors (Lipinski definition) is 1. The van der Waals surface area contributed by atoms with Crippen molar-refractivity contribution in [3.8, 4) is 0 Å². The molecule has 2 aliphatic heterocycles. The van der Waals surface area contributed by atoms with Crippen LogP contribution < -0.4 is 10.2 Å². The summed E-state index contributed by atoms with van der Waals surface area (Å²) in [7, 11) is 0. The summed E-state index contributed by atoms with van der Waals surface area (Å²) in [6.45, 7) is 0.634. The number of urea groups is 1. The molecule has 0 aromatic heterocycles. The predicted octanol–water partition coefficient (Wildman–Crippen LogP) is 6.95. The molecule has 1 saturated heterocycles. The summed E-state index contributed by atoms with van der Waals surface area (Å²) in [6.07, 6.45) is 5.90. The van der Waals surface area contributed by atoms with Crippen LogP contribution in [0.3, 0.4) is 0 Å². The summed E-state index contributed by atoms with van der Waals surface area (Å²) in [4.78, 5) is 31.7. The largest absolute Gasteiger partial charge is 0.378 e. The van der Waals surface area contributed by atoms with E-state index in [0.29, 0.717) is 12.2 Å². The van der Waals surface area contributed by atoms with E-state index in [1.54, 1.807) is 0 Å². The van der Waals surface area contributed by atoms with Crippen molar-refractivity contribution in [2.24, 2.45) is 11.8 Å². The molecule has 2 fully saturated rings. The molecule has 184 valence electrons. The van der Waals surface area contributed by atoms with Crippen LogP contribution in [0.2, 0.25) is 0 Å². The van der Waals surface area contributed by atoms with Crippen molar-refractivity contribution < 1.29 is 9.59 Å². The molecule has 3 aromatic carbocycles. The van der Waals surface area contributed by atoms with Crippen LogP contribution >= 0.6 is 0 Å².